The zero-order valence-electron chi connectivity index (χ0n) is 16.3. The Labute approximate surface area is 182 Å². The van der Waals surface area contributed by atoms with E-state index in [1.54, 1.807) is 36.7 Å². The first-order valence-corrected chi connectivity index (χ1v) is 9.76. The van der Waals surface area contributed by atoms with Crippen molar-refractivity contribution < 1.29 is 19.0 Å². The standard InChI is InChI=1S/C23H17ClFN3O3/c1-13(14-2-4-16(5-3-14)23(29)30)28-21-20-15(8-10-26-21)9-11-27-22(20)31-17-6-7-19(25)18(24)12-17/h2-13H,1H3,(H,26,28)(H,29,30)/t13-/m0/s1. The molecule has 0 radical (unpaired) electrons. The molecular weight excluding hydrogens is 421 g/mol. The second-order valence-electron chi connectivity index (χ2n) is 6.84. The minimum absolute atomic E-state index is 0.0485. The number of nitrogens with one attached hydrogen (secondary N) is 1. The molecular formula is C23H17ClFN3O3. The molecule has 156 valence electrons. The van der Waals surface area contributed by atoms with Gasteiger partial charge < -0.3 is 15.2 Å². The third-order valence-electron chi connectivity index (χ3n) is 4.76. The number of aromatic carboxylic acids is 1. The Morgan fingerprint density at radius 2 is 1.81 bits per heavy atom. The van der Waals surface area contributed by atoms with Crippen molar-refractivity contribution >= 4 is 34.2 Å². The van der Waals surface area contributed by atoms with E-state index in [1.165, 1.54) is 18.2 Å². The first kappa shape index (κ1) is 20.6. The van der Waals surface area contributed by atoms with Gasteiger partial charge >= 0.3 is 5.97 Å². The van der Waals surface area contributed by atoms with Crippen LogP contribution in [-0.2, 0) is 0 Å². The zero-order valence-corrected chi connectivity index (χ0v) is 17.1. The van der Waals surface area contributed by atoms with Crippen molar-refractivity contribution in [3.8, 4) is 11.6 Å². The van der Waals surface area contributed by atoms with Gasteiger partial charge in [0, 0.05) is 24.5 Å². The highest BCUT2D eigenvalue weighted by Gasteiger charge is 2.15. The molecule has 4 aromatic rings. The number of aromatic nitrogens is 2. The highest BCUT2D eigenvalue weighted by Crippen LogP contribution is 2.34. The molecule has 31 heavy (non-hydrogen) atoms. The second kappa shape index (κ2) is 8.57. The van der Waals surface area contributed by atoms with E-state index in [1.807, 2.05) is 19.1 Å². The van der Waals surface area contributed by atoms with Gasteiger partial charge in [-0.3, -0.25) is 0 Å². The van der Waals surface area contributed by atoms with Crippen LogP contribution in [-0.4, -0.2) is 21.0 Å². The summed E-state index contributed by atoms with van der Waals surface area (Å²) in [4.78, 5) is 19.8. The van der Waals surface area contributed by atoms with Gasteiger partial charge in [-0.15, -0.1) is 0 Å². The third kappa shape index (κ3) is 4.41. The van der Waals surface area contributed by atoms with Gasteiger partial charge in [0.2, 0.25) is 5.88 Å². The molecule has 0 unspecified atom stereocenters. The Bertz CT molecular complexity index is 1260. The number of carboxylic acid groups (broad SMARTS) is 1. The van der Waals surface area contributed by atoms with Crippen molar-refractivity contribution in [2.45, 2.75) is 13.0 Å². The van der Waals surface area contributed by atoms with Gasteiger partial charge in [0.25, 0.3) is 0 Å². The maximum atomic E-state index is 13.5. The van der Waals surface area contributed by atoms with E-state index in [0.717, 1.165) is 10.9 Å². The van der Waals surface area contributed by atoms with Gasteiger partial charge in [-0.25, -0.2) is 19.2 Å². The van der Waals surface area contributed by atoms with Crippen LogP contribution in [0.15, 0.2) is 67.0 Å². The molecule has 0 bridgehead atoms. The summed E-state index contributed by atoms with van der Waals surface area (Å²) in [7, 11) is 0. The van der Waals surface area contributed by atoms with Crippen LogP contribution >= 0.6 is 11.6 Å². The Balaban J connectivity index is 1.67. The number of halogens is 2. The summed E-state index contributed by atoms with van der Waals surface area (Å²) < 4.78 is 19.4. The molecule has 2 N–H and O–H groups in total. The van der Waals surface area contributed by atoms with Crippen molar-refractivity contribution in [3.63, 3.8) is 0 Å². The first-order valence-electron chi connectivity index (χ1n) is 9.39. The Kier molecular flexibility index (Phi) is 5.68. The maximum absolute atomic E-state index is 13.5. The van der Waals surface area contributed by atoms with Crippen molar-refractivity contribution in [2.24, 2.45) is 0 Å². The fraction of sp³-hybridized carbons (Fsp3) is 0.0870. The van der Waals surface area contributed by atoms with Gasteiger partial charge in [0.1, 0.15) is 17.4 Å². The Morgan fingerprint density at radius 1 is 1.10 bits per heavy atom. The van der Waals surface area contributed by atoms with E-state index < -0.39 is 11.8 Å². The molecule has 0 aliphatic carbocycles. The van der Waals surface area contributed by atoms with Crippen LogP contribution in [0.3, 0.4) is 0 Å². The molecule has 1 atom stereocenters. The molecule has 0 saturated heterocycles. The average molecular weight is 438 g/mol. The average Bonchev–Trinajstić information content (AvgIpc) is 2.76. The number of anilines is 1. The molecule has 2 heterocycles. The summed E-state index contributed by atoms with van der Waals surface area (Å²) in [6.07, 6.45) is 3.28. The normalized spacial score (nSPS) is 11.8. The van der Waals surface area contributed by atoms with Crippen LogP contribution in [0, 0.1) is 5.82 Å². The van der Waals surface area contributed by atoms with E-state index in [-0.39, 0.29) is 16.6 Å². The second-order valence-corrected chi connectivity index (χ2v) is 7.25. The van der Waals surface area contributed by atoms with Gasteiger partial charge in [-0.1, -0.05) is 23.7 Å². The zero-order chi connectivity index (χ0) is 22.0. The highest BCUT2D eigenvalue weighted by molar-refractivity contribution is 6.30. The van der Waals surface area contributed by atoms with Crippen LogP contribution in [0.25, 0.3) is 10.8 Å². The summed E-state index contributed by atoms with van der Waals surface area (Å²) in [6, 6.07) is 14.2. The fourth-order valence-corrected chi connectivity index (χ4v) is 3.30. The lowest BCUT2D eigenvalue weighted by Crippen LogP contribution is -2.09. The molecule has 0 fully saturated rings. The molecule has 0 aliphatic rings. The summed E-state index contributed by atoms with van der Waals surface area (Å²) >= 11 is 5.86. The summed E-state index contributed by atoms with van der Waals surface area (Å²) in [6.45, 7) is 1.94. The molecule has 0 aliphatic heterocycles. The number of ether oxygens (including phenoxy) is 1. The topological polar surface area (TPSA) is 84.3 Å². The van der Waals surface area contributed by atoms with Crippen LogP contribution < -0.4 is 10.1 Å². The highest BCUT2D eigenvalue weighted by atomic mass is 35.5. The van der Waals surface area contributed by atoms with Crippen molar-refractivity contribution in [2.75, 3.05) is 5.32 Å². The van der Waals surface area contributed by atoms with Crippen molar-refractivity contribution in [3.05, 3.63) is 89.0 Å². The summed E-state index contributed by atoms with van der Waals surface area (Å²) in [5.74, 6) is -0.324. The quantitative estimate of drug-likeness (QED) is 0.380. The molecule has 8 heteroatoms. The smallest absolute Gasteiger partial charge is 0.335 e. The van der Waals surface area contributed by atoms with Gasteiger partial charge in [-0.2, -0.15) is 0 Å². The molecule has 2 aromatic heterocycles. The number of fused-ring (bicyclic) bond motifs is 1. The van der Waals surface area contributed by atoms with E-state index in [4.69, 9.17) is 21.4 Å². The number of nitrogens with zero attached hydrogens (tertiary/aromatic N) is 2. The maximum Gasteiger partial charge on any atom is 0.335 e. The molecule has 0 amide bonds. The number of rotatable bonds is 6. The number of benzene rings is 2. The Hall–Kier alpha value is -3.71. The molecule has 0 saturated carbocycles. The molecule has 4 rings (SSSR count). The number of carboxylic acids is 1. The largest absolute Gasteiger partial charge is 0.478 e. The van der Waals surface area contributed by atoms with Crippen molar-refractivity contribution in [1.29, 1.82) is 0 Å². The first-order chi connectivity index (χ1) is 14.9. The lowest BCUT2D eigenvalue weighted by molar-refractivity contribution is 0.0697. The van der Waals surface area contributed by atoms with E-state index in [2.05, 4.69) is 15.3 Å². The monoisotopic (exact) mass is 437 g/mol. The van der Waals surface area contributed by atoms with Crippen LogP contribution in [0.1, 0.15) is 28.9 Å². The van der Waals surface area contributed by atoms with Gasteiger partial charge in [0.05, 0.1) is 16.0 Å². The minimum Gasteiger partial charge on any atom is -0.478 e. The number of hydrogen-bond donors (Lipinski definition) is 2. The number of pyridine rings is 2. The molecule has 2 aromatic carbocycles. The lowest BCUT2D eigenvalue weighted by atomic mass is 10.1. The van der Waals surface area contributed by atoms with Crippen LogP contribution in [0.5, 0.6) is 11.6 Å². The van der Waals surface area contributed by atoms with Crippen LogP contribution in [0.2, 0.25) is 5.02 Å². The lowest BCUT2D eigenvalue weighted by Gasteiger charge is -2.18. The summed E-state index contributed by atoms with van der Waals surface area (Å²) in [5, 5.41) is 13.9. The Morgan fingerprint density at radius 3 is 2.48 bits per heavy atom. The third-order valence-corrected chi connectivity index (χ3v) is 5.05. The number of hydrogen-bond acceptors (Lipinski definition) is 5. The van der Waals surface area contributed by atoms with E-state index >= 15 is 0 Å². The molecule has 0 spiro atoms. The van der Waals surface area contributed by atoms with E-state index in [0.29, 0.717) is 22.8 Å². The predicted molar refractivity (Wildman–Crippen MR) is 116 cm³/mol. The SMILES string of the molecule is C[C@H](Nc1nccc2ccnc(Oc3ccc(F)c(Cl)c3)c12)c1ccc(C(=O)O)cc1. The fourth-order valence-electron chi connectivity index (χ4n) is 3.13. The predicted octanol–water partition coefficient (Wildman–Crippen LogP) is 6.09. The van der Waals surface area contributed by atoms with Crippen molar-refractivity contribution in [1.82, 2.24) is 9.97 Å². The molecule has 6 nitrogen and oxygen atoms in total. The van der Waals surface area contributed by atoms with E-state index in [9.17, 15) is 9.18 Å². The van der Waals surface area contributed by atoms with Gasteiger partial charge in [0.15, 0.2) is 0 Å². The summed E-state index contributed by atoms with van der Waals surface area (Å²) in [5.41, 5.74) is 1.11. The van der Waals surface area contributed by atoms with Crippen LogP contribution in [0.4, 0.5) is 10.2 Å². The minimum atomic E-state index is -0.975. The number of carbonyl (C=O) groups is 1. The van der Waals surface area contributed by atoms with Gasteiger partial charge in [-0.05, 0) is 54.3 Å².